The van der Waals surface area contributed by atoms with Crippen LogP contribution in [0.4, 0.5) is 5.69 Å². The van der Waals surface area contributed by atoms with Crippen LogP contribution < -0.4 is 10.0 Å². The van der Waals surface area contributed by atoms with Crippen LogP contribution in [0.15, 0.2) is 29.2 Å². The van der Waals surface area contributed by atoms with Gasteiger partial charge >= 0.3 is 0 Å². The third-order valence-electron chi connectivity index (χ3n) is 2.51. The maximum atomic E-state index is 12.0. The molecule has 0 aliphatic heterocycles. The normalized spacial score (nSPS) is 11.5. The summed E-state index contributed by atoms with van der Waals surface area (Å²) in [7, 11) is -3.41. The SMILES string of the molecule is CCNc1ccc(S(=O)(=O)NCCCOCC)cc1. The number of benzene rings is 1. The van der Waals surface area contributed by atoms with Crippen molar-refractivity contribution in [3.63, 3.8) is 0 Å². The molecule has 108 valence electrons. The summed E-state index contributed by atoms with van der Waals surface area (Å²) in [5.41, 5.74) is 0.915. The number of ether oxygens (including phenoxy) is 1. The molecule has 0 unspecified atom stereocenters. The molecular weight excluding hydrogens is 264 g/mol. The lowest BCUT2D eigenvalue weighted by Crippen LogP contribution is -2.25. The monoisotopic (exact) mass is 286 g/mol. The van der Waals surface area contributed by atoms with Gasteiger partial charge in [0.2, 0.25) is 10.0 Å². The fourth-order valence-electron chi connectivity index (χ4n) is 1.56. The smallest absolute Gasteiger partial charge is 0.240 e. The van der Waals surface area contributed by atoms with E-state index in [1.165, 1.54) is 0 Å². The van der Waals surface area contributed by atoms with E-state index in [2.05, 4.69) is 10.0 Å². The number of anilines is 1. The first-order chi connectivity index (χ1) is 9.10. The maximum Gasteiger partial charge on any atom is 0.240 e. The van der Waals surface area contributed by atoms with Crippen LogP contribution >= 0.6 is 0 Å². The van der Waals surface area contributed by atoms with Gasteiger partial charge < -0.3 is 10.1 Å². The zero-order chi connectivity index (χ0) is 14.1. The van der Waals surface area contributed by atoms with Gasteiger partial charge in [0.05, 0.1) is 4.90 Å². The third-order valence-corrected chi connectivity index (χ3v) is 3.98. The summed E-state index contributed by atoms with van der Waals surface area (Å²) < 4.78 is 31.6. The van der Waals surface area contributed by atoms with Crippen LogP contribution in [0.1, 0.15) is 20.3 Å². The Labute approximate surface area is 115 Å². The minimum absolute atomic E-state index is 0.283. The molecule has 1 rings (SSSR count). The molecule has 0 spiro atoms. The molecule has 0 atom stereocenters. The van der Waals surface area contributed by atoms with Gasteiger partial charge in [-0.15, -0.1) is 0 Å². The summed E-state index contributed by atoms with van der Waals surface area (Å²) in [6.07, 6.45) is 0.669. The van der Waals surface area contributed by atoms with E-state index in [0.717, 1.165) is 12.2 Å². The molecule has 2 N–H and O–H groups in total. The van der Waals surface area contributed by atoms with Crippen LogP contribution in [0.3, 0.4) is 0 Å². The molecule has 0 amide bonds. The average Bonchev–Trinajstić information content (AvgIpc) is 2.39. The number of rotatable bonds is 9. The highest BCUT2D eigenvalue weighted by Crippen LogP contribution is 2.13. The van der Waals surface area contributed by atoms with E-state index < -0.39 is 10.0 Å². The lowest BCUT2D eigenvalue weighted by atomic mass is 10.3. The Morgan fingerprint density at radius 1 is 1.16 bits per heavy atom. The number of hydrogen-bond donors (Lipinski definition) is 2. The number of hydrogen-bond acceptors (Lipinski definition) is 4. The Hall–Kier alpha value is -1.11. The molecule has 0 aromatic heterocycles. The topological polar surface area (TPSA) is 67.4 Å². The lowest BCUT2D eigenvalue weighted by Gasteiger charge is -2.08. The van der Waals surface area contributed by atoms with Gasteiger partial charge in [0.25, 0.3) is 0 Å². The largest absolute Gasteiger partial charge is 0.385 e. The highest BCUT2D eigenvalue weighted by Gasteiger charge is 2.12. The van der Waals surface area contributed by atoms with E-state index in [4.69, 9.17) is 4.74 Å². The third kappa shape index (κ3) is 5.59. The zero-order valence-corrected chi connectivity index (χ0v) is 12.3. The second-order valence-electron chi connectivity index (χ2n) is 4.00. The van der Waals surface area contributed by atoms with Crippen LogP contribution in [0, 0.1) is 0 Å². The first-order valence-corrected chi connectivity index (χ1v) is 7.99. The van der Waals surface area contributed by atoms with Crippen molar-refractivity contribution in [3.05, 3.63) is 24.3 Å². The van der Waals surface area contributed by atoms with Gasteiger partial charge in [-0.25, -0.2) is 13.1 Å². The van der Waals surface area contributed by atoms with Gasteiger partial charge in [-0.1, -0.05) is 0 Å². The Morgan fingerprint density at radius 3 is 2.42 bits per heavy atom. The summed E-state index contributed by atoms with van der Waals surface area (Å²) in [5, 5.41) is 3.12. The van der Waals surface area contributed by atoms with Crippen LogP contribution in [0.25, 0.3) is 0 Å². The first-order valence-electron chi connectivity index (χ1n) is 6.51. The van der Waals surface area contributed by atoms with Crippen LogP contribution in [0.5, 0.6) is 0 Å². The van der Waals surface area contributed by atoms with E-state index >= 15 is 0 Å². The quantitative estimate of drug-likeness (QED) is 0.680. The highest BCUT2D eigenvalue weighted by molar-refractivity contribution is 7.89. The van der Waals surface area contributed by atoms with Crippen molar-refractivity contribution in [2.75, 3.05) is 31.6 Å². The summed E-state index contributed by atoms with van der Waals surface area (Å²) in [6, 6.07) is 6.72. The highest BCUT2D eigenvalue weighted by atomic mass is 32.2. The Morgan fingerprint density at radius 2 is 1.84 bits per heavy atom. The second kappa shape index (κ2) is 8.14. The van der Waals surface area contributed by atoms with E-state index in [1.54, 1.807) is 24.3 Å². The van der Waals surface area contributed by atoms with Crippen LogP contribution in [-0.2, 0) is 14.8 Å². The predicted molar refractivity (Wildman–Crippen MR) is 76.9 cm³/mol. The molecule has 19 heavy (non-hydrogen) atoms. The fraction of sp³-hybridized carbons (Fsp3) is 0.538. The molecule has 6 heteroatoms. The van der Waals surface area contributed by atoms with Gasteiger partial charge in [0.1, 0.15) is 0 Å². The van der Waals surface area contributed by atoms with Crippen molar-refractivity contribution in [3.8, 4) is 0 Å². The summed E-state index contributed by atoms with van der Waals surface area (Å²) in [4.78, 5) is 0.283. The number of sulfonamides is 1. The molecule has 5 nitrogen and oxygen atoms in total. The van der Waals surface area contributed by atoms with Crippen molar-refractivity contribution in [2.24, 2.45) is 0 Å². The summed E-state index contributed by atoms with van der Waals surface area (Å²) in [6.45, 7) is 6.32. The molecule has 1 aromatic rings. The molecule has 1 aromatic carbocycles. The van der Waals surface area contributed by atoms with Gasteiger partial charge in [-0.2, -0.15) is 0 Å². The molecule has 0 aliphatic carbocycles. The van der Waals surface area contributed by atoms with E-state index in [0.29, 0.717) is 26.2 Å². The van der Waals surface area contributed by atoms with E-state index in [9.17, 15) is 8.42 Å². The summed E-state index contributed by atoms with van der Waals surface area (Å²) in [5.74, 6) is 0. The molecule has 0 aliphatic rings. The molecule has 0 saturated heterocycles. The average molecular weight is 286 g/mol. The molecule has 0 radical (unpaired) electrons. The van der Waals surface area contributed by atoms with Crippen molar-refractivity contribution in [2.45, 2.75) is 25.2 Å². The van der Waals surface area contributed by atoms with Crippen LogP contribution in [0.2, 0.25) is 0 Å². The molecule has 0 heterocycles. The molecular formula is C13H22N2O3S. The van der Waals surface area contributed by atoms with E-state index in [-0.39, 0.29) is 4.90 Å². The standard InChI is InChI=1S/C13H22N2O3S/c1-3-14-12-6-8-13(9-7-12)19(16,17)15-10-5-11-18-4-2/h6-9,14-15H,3-5,10-11H2,1-2H3. The van der Waals surface area contributed by atoms with Crippen molar-refractivity contribution in [1.29, 1.82) is 0 Å². The predicted octanol–water partition coefficient (Wildman–Crippen LogP) is 1.82. The second-order valence-corrected chi connectivity index (χ2v) is 5.77. The maximum absolute atomic E-state index is 12.0. The minimum Gasteiger partial charge on any atom is -0.385 e. The van der Waals surface area contributed by atoms with Crippen molar-refractivity contribution >= 4 is 15.7 Å². The van der Waals surface area contributed by atoms with Gasteiger partial charge in [0.15, 0.2) is 0 Å². The lowest BCUT2D eigenvalue weighted by molar-refractivity contribution is 0.146. The van der Waals surface area contributed by atoms with Crippen molar-refractivity contribution < 1.29 is 13.2 Å². The summed E-state index contributed by atoms with van der Waals surface area (Å²) >= 11 is 0. The molecule has 0 saturated carbocycles. The fourth-order valence-corrected chi connectivity index (χ4v) is 2.64. The minimum atomic E-state index is -3.41. The van der Waals surface area contributed by atoms with Crippen molar-refractivity contribution in [1.82, 2.24) is 4.72 Å². The number of nitrogens with one attached hydrogen (secondary N) is 2. The van der Waals surface area contributed by atoms with E-state index in [1.807, 2.05) is 13.8 Å². The van der Waals surface area contributed by atoms with Gasteiger partial charge in [-0.3, -0.25) is 0 Å². The van der Waals surface area contributed by atoms with Gasteiger partial charge in [0, 0.05) is 32.0 Å². The van der Waals surface area contributed by atoms with Crippen LogP contribution in [-0.4, -0.2) is 34.7 Å². The first kappa shape index (κ1) is 15.9. The Bertz CT molecular complexity index is 457. The molecule has 0 fully saturated rings. The Balaban J connectivity index is 2.52. The van der Waals surface area contributed by atoms with Gasteiger partial charge in [-0.05, 0) is 44.5 Å². The molecule has 0 bridgehead atoms. The Kier molecular flexibility index (Phi) is 6.83. The zero-order valence-electron chi connectivity index (χ0n) is 11.5.